The van der Waals surface area contributed by atoms with Crippen LogP contribution >= 0.6 is 23.6 Å². The number of carbonyl (C=O) groups is 1. The molecule has 0 aliphatic carbocycles. The van der Waals surface area contributed by atoms with Crippen LogP contribution in [0.5, 0.6) is 0 Å². The Labute approximate surface area is 188 Å². The summed E-state index contributed by atoms with van der Waals surface area (Å²) >= 11 is 7.16. The third-order valence-electron chi connectivity index (χ3n) is 5.40. The zero-order chi connectivity index (χ0) is 22.3. The molecule has 1 aromatic carbocycles. The number of aryl methyl sites for hydroxylation is 1. The maximum absolute atomic E-state index is 12.9. The van der Waals surface area contributed by atoms with Crippen molar-refractivity contribution in [2.24, 2.45) is 0 Å². The van der Waals surface area contributed by atoms with E-state index in [2.05, 4.69) is 63.6 Å². The Hall–Kier alpha value is -1.96. The van der Waals surface area contributed by atoms with Gasteiger partial charge in [-0.1, -0.05) is 12.1 Å². The molecular weight excluding hydrogens is 414 g/mol. The largest absolute Gasteiger partial charge is 0.462 e. The van der Waals surface area contributed by atoms with E-state index in [4.69, 9.17) is 17.0 Å². The predicted octanol–water partition coefficient (Wildman–Crippen LogP) is 5.51. The first kappa shape index (κ1) is 22.7. The van der Waals surface area contributed by atoms with Gasteiger partial charge < -0.3 is 20.7 Å². The lowest BCUT2D eigenvalue weighted by Gasteiger charge is -2.42. The molecule has 0 bridgehead atoms. The molecule has 1 aromatic heterocycles. The van der Waals surface area contributed by atoms with Crippen molar-refractivity contribution in [1.82, 2.24) is 5.32 Å². The second kappa shape index (κ2) is 8.29. The van der Waals surface area contributed by atoms with Gasteiger partial charge in [0.25, 0.3) is 0 Å². The Morgan fingerprint density at radius 1 is 1.23 bits per heavy atom. The third kappa shape index (κ3) is 4.53. The second-order valence-electron chi connectivity index (χ2n) is 8.97. The van der Waals surface area contributed by atoms with E-state index in [0.717, 1.165) is 33.1 Å². The van der Waals surface area contributed by atoms with E-state index in [1.54, 1.807) is 11.3 Å². The summed E-state index contributed by atoms with van der Waals surface area (Å²) in [7, 11) is 0. The van der Waals surface area contributed by atoms with Gasteiger partial charge in [0.2, 0.25) is 0 Å². The van der Waals surface area contributed by atoms with Gasteiger partial charge in [0.05, 0.1) is 12.2 Å². The van der Waals surface area contributed by atoms with E-state index in [9.17, 15) is 4.79 Å². The van der Waals surface area contributed by atoms with Crippen molar-refractivity contribution in [3.63, 3.8) is 0 Å². The van der Waals surface area contributed by atoms with E-state index in [-0.39, 0.29) is 17.0 Å². The Balaban J connectivity index is 1.98. The number of carbonyl (C=O) groups excluding carboxylic acids is 1. The maximum Gasteiger partial charge on any atom is 0.341 e. The fourth-order valence-corrected chi connectivity index (χ4v) is 5.72. The Bertz CT molecular complexity index is 993. The van der Waals surface area contributed by atoms with E-state index in [1.165, 1.54) is 5.56 Å². The SMILES string of the molecule is CCOC(=O)c1c(NC(=S)Nc2cccc(C)c2C)sc2c1CC(C)(C)NC2(C)C. The molecule has 3 N–H and O–H groups in total. The highest BCUT2D eigenvalue weighted by Crippen LogP contribution is 2.45. The number of fused-ring (bicyclic) bond motifs is 1. The van der Waals surface area contributed by atoms with Crippen LogP contribution in [0, 0.1) is 13.8 Å². The van der Waals surface area contributed by atoms with Crippen LogP contribution < -0.4 is 16.0 Å². The number of thiocarbonyl (C=S) groups is 1. The molecule has 162 valence electrons. The van der Waals surface area contributed by atoms with E-state index < -0.39 is 0 Å². The first-order valence-electron chi connectivity index (χ1n) is 10.2. The number of hydrogen-bond donors (Lipinski definition) is 3. The zero-order valence-corrected chi connectivity index (χ0v) is 20.4. The molecule has 2 heterocycles. The van der Waals surface area contributed by atoms with Crippen LogP contribution in [-0.2, 0) is 16.7 Å². The minimum atomic E-state index is -0.305. The molecule has 0 radical (unpaired) electrons. The number of hydrogen-bond acceptors (Lipinski definition) is 5. The molecule has 7 heteroatoms. The van der Waals surface area contributed by atoms with Crippen LogP contribution in [0.15, 0.2) is 18.2 Å². The van der Waals surface area contributed by atoms with Gasteiger partial charge in [0, 0.05) is 21.6 Å². The van der Waals surface area contributed by atoms with Crippen LogP contribution in [0.1, 0.15) is 66.5 Å². The summed E-state index contributed by atoms with van der Waals surface area (Å²) in [5, 5.41) is 11.4. The van der Waals surface area contributed by atoms with Gasteiger partial charge in [-0.3, -0.25) is 0 Å². The van der Waals surface area contributed by atoms with Gasteiger partial charge in [-0.05, 0) is 89.9 Å². The van der Waals surface area contributed by atoms with Crippen LogP contribution in [0.3, 0.4) is 0 Å². The van der Waals surface area contributed by atoms with Crippen molar-refractivity contribution in [2.75, 3.05) is 17.2 Å². The van der Waals surface area contributed by atoms with Crippen molar-refractivity contribution >= 4 is 45.3 Å². The molecular formula is C23H31N3O2S2. The number of ether oxygens (including phenoxy) is 1. The summed E-state index contributed by atoms with van der Waals surface area (Å²) < 4.78 is 5.41. The lowest BCUT2D eigenvalue weighted by atomic mass is 9.81. The molecule has 3 rings (SSSR count). The van der Waals surface area contributed by atoms with Gasteiger partial charge >= 0.3 is 5.97 Å². The van der Waals surface area contributed by atoms with E-state index in [1.807, 2.05) is 19.1 Å². The first-order valence-corrected chi connectivity index (χ1v) is 11.4. The van der Waals surface area contributed by atoms with Crippen LogP contribution in [-0.4, -0.2) is 23.2 Å². The molecule has 0 fully saturated rings. The summed E-state index contributed by atoms with van der Waals surface area (Å²) in [6, 6.07) is 6.06. The third-order valence-corrected chi connectivity index (χ3v) is 7.08. The van der Waals surface area contributed by atoms with E-state index in [0.29, 0.717) is 17.3 Å². The Kier molecular flexibility index (Phi) is 6.28. The maximum atomic E-state index is 12.9. The molecule has 0 unspecified atom stereocenters. The zero-order valence-electron chi connectivity index (χ0n) is 18.8. The number of anilines is 2. The minimum Gasteiger partial charge on any atom is -0.462 e. The topological polar surface area (TPSA) is 62.4 Å². The highest BCUT2D eigenvalue weighted by molar-refractivity contribution is 7.80. The monoisotopic (exact) mass is 445 g/mol. The summed E-state index contributed by atoms with van der Waals surface area (Å²) in [6.45, 7) is 14.9. The summed E-state index contributed by atoms with van der Waals surface area (Å²) in [5.74, 6) is -0.305. The number of benzene rings is 1. The molecule has 30 heavy (non-hydrogen) atoms. The number of thiophene rings is 1. The Morgan fingerprint density at radius 3 is 2.60 bits per heavy atom. The van der Waals surface area contributed by atoms with Gasteiger partial charge in [-0.2, -0.15) is 0 Å². The average molecular weight is 446 g/mol. The fourth-order valence-electron chi connectivity index (χ4n) is 4.18. The molecule has 0 atom stereocenters. The van der Waals surface area contributed by atoms with Gasteiger partial charge in [-0.15, -0.1) is 11.3 Å². The van der Waals surface area contributed by atoms with Gasteiger partial charge in [0.15, 0.2) is 5.11 Å². The van der Waals surface area contributed by atoms with Crippen molar-refractivity contribution in [2.45, 2.75) is 66.0 Å². The highest BCUT2D eigenvalue weighted by atomic mass is 32.1. The van der Waals surface area contributed by atoms with Crippen LogP contribution in [0.25, 0.3) is 0 Å². The molecule has 0 saturated heterocycles. The first-order chi connectivity index (χ1) is 13.9. The van der Waals surface area contributed by atoms with Crippen molar-refractivity contribution in [3.05, 3.63) is 45.3 Å². The van der Waals surface area contributed by atoms with Crippen LogP contribution in [0.4, 0.5) is 10.7 Å². The lowest BCUT2D eigenvalue weighted by molar-refractivity contribution is 0.0526. The molecule has 1 aliphatic heterocycles. The van der Waals surface area contributed by atoms with E-state index >= 15 is 0 Å². The molecule has 1 aliphatic rings. The molecule has 0 spiro atoms. The smallest absolute Gasteiger partial charge is 0.341 e. The number of esters is 1. The normalized spacial score (nSPS) is 16.5. The average Bonchev–Trinajstić information content (AvgIpc) is 2.96. The lowest BCUT2D eigenvalue weighted by Crippen LogP contribution is -2.55. The standard InChI is InChI=1S/C23H31N3O2S2/c1-8-28-20(27)17-15-12-22(4,5)26-23(6,7)18(15)30-19(17)25-21(29)24-16-11-9-10-13(2)14(16)3/h9-11,26H,8,12H2,1-7H3,(H2,24,25,29). The molecule has 2 aromatic rings. The second-order valence-corrected chi connectivity index (χ2v) is 10.4. The predicted molar refractivity (Wildman–Crippen MR) is 130 cm³/mol. The van der Waals surface area contributed by atoms with Crippen molar-refractivity contribution in [3.8, 4) is 0 Å². The number of rotatable bonds is 4. The van der Waals surface area contributed by atoms with Gasteiger partial charge in [0.1, 0.15) is 5.00 Å². The molecule has 0 amide bonds. The van der Waals surface area contributed by atoms with Gasteiger partial charge in [-0.25, -0.2) is 4.79 Å². The Morgan fingerprint density at radius 2 is 1.93 bits per heavy atom. The summed E-state index contributed by atoms with van der Waals surface area (Å²) in [5.41, 5.74) is 4.54. The minimum absolute atomic E-state index is 0.131. The molecule has 5 nitrogen and oxygen atoms in total. The fraction of sp³-hybridized carbons (Fsp3) is 0.478. The van der Waals surface area contributed by atoms with Crippen LogP contribution in [0.2, 0.25) is 0 Å². The summed E-state index contributed by atoms with van der Waals surface area (Å²) in [6.07, 6.45) is 0.745. The molecule has 0 saturated carbocycles. The van der Waals surface area contributed by atoms with Crippen molar-refractivity contribution < 1.29 is 9.53 Å². The number of nitrogens with one attached hydrogen (secondary N) is 3. The van der Waals surface area contributed by atoms with Crippen molar-refractivity contribution in [1.29, 1.82) is 0 Å². The quantitative estimate of drug-likeness (QED) is 0.426. The summed E-state index contributed by atoms with van der Waals surface area (Å²) in [4.78, 5) is 14.1. The highest BCUT2D eigenvalue weighted by Gasteiger charge is 2.42.